The molecular formula is C20H15ClFN5O2. The molecule has 0 aliphatic rings. The van der Waals surface area contributed by atoms with Crippen LogP contribution in [0.15, 0.2) is 60.8 Å². The number of imidazole rings is 1. The maximum Gasteiger partial charge on any atom is 0.276 e. The predicted octanol–water partition coefficient (Wildman–Crippen LogP) is 4.09. The first-order valence-electron chi connectivity index (χ1n) is 8.62. The SMILES string of the molecule is O=C(Nc1ccc(O)cc1)c1cnc2ccc(NCc3ccc(F)c(Cl)c3)nn12. The summed E-state index contributed by atoms with van der Waals surface area (Å²) >= 11 is 5.80. The standard InChI is InChI=1S/C20H15ClFN5O2/c21-15-9-12(1-6-16(15)22)10-23-18-7-8-19-24-11-17(27(19)26-18)20(29)25-13-2-4-14(28)5-3-13/h1-9,11,28H,10H2,(H,23,26)(H,25,29). The Morgan fingerprint density at radius 1 is 1.14 bits per heavy atom. The molecule has 0 unspecified atom stereocenters. The molecule has 3 N–H and O–H groups in total. The highest BCUT2D eigenvalue weighted by Gasteiger charge is 2.14. The number of benzene rings is 2. The van der Waals surface area contributed by atoms with Gasteiger partial charge in [0.25, 0.3) is 5.91 Å². The van der Waals surface area contributed by atoms with Crippen molar-refractivity contribution in [3.05, 3.63) is 82.9 Å². The van der Waals surface area contributed by atoms with Crippen LogP contribution in [-0.2, 0) is 6.54 Å². The van der Waals surface area contributed by atoms with Gasteiger partial charge in [0.15, 0.2) is 11.3 Å². The second kappa shape index (κ2) is 7.76. The van der Waals surface area contributed by atoms with E-state index in [4.69, 9.17) is 11.6 Å². The van der Waals surface area contributed by atoms with E-state index in [0.29, 0.717) is 23.7 Å². The summed E-state index contributed by atoms with van der Waals surface area (Å²) in [7, 11) is 0. The average molecular weight is 412 g/mol. The summed E-state index contributed by atoms with van der Waals surface area (Å²) in [5.74, 6) is -0.247. The number of phenols is 1. The van der Waals surface area contributed by atoms with Crippen LogP contribution in [0.4, 0.5) is 15.9 Å². The first-order valence-corrected chi connectivity index (χ1v) is 9.00. The van der Waals surface area contributed by atoms with Crippen molar-refractivity contribution in [2.24, 2.45) is 0 Å². The van der Waals surface area contributed by atoms with Crippen molar-refractivity contribution in [3.8, 4) is 5.75 Å². The highest BCUT2D eigenvalue weighted by molar-refractivity contribution is 6.30. The Morgan fingerprint density at radius 2 is 1.93 bits per heavy atom. The quantitative estimate of drug-likeness (QED) is 0.430. The number of aromatic nitrogens is 3. The minimum atomic E-state index is -0.474. The molecule has 1 amide bonds. The van der Waals surface area contributed by atoms with E-state index in [0.717, 1.165) is 5.56 Å². The monoisotopic (exact) mass is 411 g/mol. The summed E-state index contributed by atoms with van der Waals surface area (Å²) in [5.41, 5.74) is 2.08. The Morgan fingerprint density at radius 3 is 2.69 bits per heavy atom. The number of phenolic OH excluding ortho intramolecular Hbond substituents is 1. The topological polar surface area (TPSA) is 91.5 Å². The van der Waals surface area contributed by atoms with Gasteiger partial charge in [0.2, 0.25) is 0 Å². The molecule has 2 aromatic carbocycles. The van der Waals surface area contributed by atoms with Crippen LogP contribution in [0.5, 0.6) is 5.75 Å². The van der Waals surface area contributed by atoms with Crippen LogP contribution in [0, 0.1) is 5.82 Å². The van der Waals surface area contributed by atoms with E-state index >= 15 is 0 Å². The zero-order valence-electron chi connectivity index (χ0n) is 14.9. The Bertz CT molecular complexity index is 1190. The molecule has 4 rings (SSSR count). The maximum atomic E-state index is 13.3. The van der Waals surface area contributed by atoms with Crippen LogP contribution in [0.25, 0.3) is 5.65 Å². The zero-order valence-corrected chi connectivity index (χ0v) is 15.7. The van der Waals surface area contributed by atoms with Crippen molar-refractivity contribution in [1.29, 1.82) is 0 Å². The second-order valence-corrected chi connectivity index (χ2v) is 6.64. The van der Waals surface area contributed by atoms with Crippen molar-refractivity contribution < 1.29 is 14.3 Å². The van der Waals surface area contributed by atoms with Crippen LogP contribution in [0.2, 0.25) is 5.02 Å². The number of halogens is 2. The number of anilines is 2. The van der Waals surface area contributed by atoms with E-state index in [1.54, 1.807) is 30.3 Å². The number of amides is 1. The van der Waals surface area contributed by atoms with Crippen molar-refractivity contribution in [1.82, 2.24) is 14.6 Å². The summed E-state index contributed by atoms with van der Waals surface area (Å²) in [6.07, 6.45) is 1.43. The van der Waals surface area contributed by atoms with Gasteiger partial charge in [0.1, 0.15) is 17.4 Å². The third-order valence-corrected chi connectivity index (χ3v) is 4.47. The first kappa shape index (κ1) is 18.7. The summed E-state index contributed by atoms with van der Waals surface area (Å²) in [5, 5.41) is 19.6. The number of carbonyl (C=O) groups is 1. The summed E-state index contributed by atoms with van der Waals surface area (Å²) < 4.78 is 14.7. The number of nitrogens with one attached hydrogen (secondary N) is 2. The van der Waals surface area contributed by atoms with Gasteiger partial charge in [0.05, 0.1) is 11.2 Å². The summed E-state index contributed by atoms with van der Waals surface area (Å²) in [6, 6.07) is 14.1. The van der Waals surface area contributed by atoms with Crippen molar-refractivity contribution in [2.45, 2.75) is 6.54 Å². The van der Waals surface area contributed by atoms with E-state index in [2.05, 4.69) is 20.7 Å². The van der Waals surface area contributed by atoms with Crippen molar-refractivity contribution in [2.75, 3.05) is 10.6 Å². The molecule has 2 aromatic heterocycles. The summed E-state index contributed by atoms with van der Waals surface area (Å²) in [6.45, 7) is 0.377. The van der Waals surface area contributed by atoms with Crippen LogP contribution >= 0.6 is 11.6 Å². The van der Waals surface area contributed by atoms with Crippen LogP contribution in [-0.4, -0.2) is 25.6 Å². The fourth-order valence-corrected chi connectivity index (χ4v) is 2.91. The molecular weight excluding hydrogens is 397 g/mol. The molecule has 0 atom stereocenters. The second-order valence-electron chi connectivity index (χ2n) is 6.24. The van der Waals surface area contributed by atoms with Gasteiger partial charge in [-0.25, -0.2) is 13.9 Å². The Labute approximate surface area is 169 Å². The van der Waals surface area contributed by atoms with Crippen molar-refractivity contribution in [3.63, 3.8) is 0 Å². The molecule has 0 saturated heterocycles. The van der Waals surface area contributed by atoms with Gasteiger partial charge in [-0.1, -0.05) is 17.7 Å². The van der Waals surface area contributed by atoms with Gasteiger partial charge < -0.3 is 15.7 Å². The molecule has 0 bridgehead atoms. The fourth-order valence-electron chi connectivity index (χ4n) is 2.70. The van der Waals surface area contributed by atoms with E-state index in [-0.39, 0.29) is 16.5 Å². The van der Waals surface area contributed by atoms with Gasteiger partial charge >= 0.3 is 0 Å². The van der Waals surface area contributed by atoms with E-state index in [1.807, 2.05) is 0 Å². The number of carbonyl (C=O) groups excluding carboxylic acids is 1. The maximum absolute atomic E-state index is 13.3. The molecule has 0 aliphatic carbocycles. The third kappa shape index (κ3) is 4.12. The van der Waals surface area contributed by atoms with Gasteiger partial charge in [0, 0.05) is 12.2 Å². The number of hydrogen-bond acceptors (Lipinski definition) is 5. The van der Waals surface area contributed by atoms with Gasteiger partial charge in [-0.3, -0.25) is 4.79 Å². The largest absolute Gasteiger partial charge is 0.508 e. The highest BCUT2D eigenvalue weighted by atomic mass is 35.5. The average Bonchev–Trinajstić information content (AvgIpc) is 3.14. The minimum absolute atomic E-state index is 0.0514. The molecule has 0 fully saturated rings. The number of aromatic hydroxyl groups is 1. The van der Waals surface area contributed by atoms with Crippen molar-refractivity contribution >= 4 is 34.7 Å². The van der Waals surface area contributed by atoms with Gasteiger partial charge in [-0.2, -0.15) is 0 Å². The molecule has 9 heteroatoms. The molecule has 4 aromatic rings. The van der Waals surface area contributed by atoms with Gasteiger partial charge in [-0.05, 0) is 54.1 Å². The number of nitrogens with zero attached hydrogens (tertiary/aromatic N) is 3. The number of rotatable bonds is 5. The van der Waals surface area contributed by atoms with E-state index in [9.17, 15) is 14.3 Å². The van der Waals surface area contributed by atoms with E-state index < -0.39 is 11.7 Å². The normalized spacial score (nSPS) is 10.8. The Balaban J connectivity index is 1.53. The lowest BCUT2D eigenvalue weighted by molar-refractivity contribution is 0.102. The molecule has 0 radical (unpaired) electrons. The summed E-state index contributed by atoms with van der Waals surface area (Å²) in [4.78, 5) is 16.8. The smallest absolute Gasteiger partial charge is 0.276 e. The van der Waals surface area contributed by atoms with Gasteiger partial charge in [-0.15, -0.1) is 5.10 Å². The zero-order chi connectivity index (χ0) is 20.4. The Kier molecular flexibility index (Phi) is 5.01. The minimum Gasteiger partial charge on any atom is -0.508 e. The molecule has 2 heterocycles. The number of hydrogen-bond donors (Lipinski definition) is 3. The molecule has 7 nitrogen and oxygen atoms in total. The number of fused-ring (bicyclic) bond motifs is 1. The van der Waals surface area contributed by atoms with Crippen LogP contribution < -0.4 is 10.6 Å². The lowest BCUT2D eigenvalue weighted by Gasteiger charge is -2.08. The van der Waals surface area contributed by atoms with Crippen LogP contribution in [0.1, 0.15) is 16.1 Å². The molecule has 0 aliphatic heterocycles. The highest BCUT2D eigenvalue weighted by Crippen LogP contribution is 2.18. The van der Waals surface area contributed by atoms with E-state index in [1.165, 1.54) is 35.0 Å². The molecule has 0 saturated carbocycles. The Hall–Kier alpha value is -3.65. The lowest BCUT2D eigenvalue weighted by Crippen LogP contribution is -2.15. The molecule has 29 heavy (non-hydrogen) atoms. The lowest BCUT2D eigenvalue weighted by atomic mass is 10.2. The fraction of sp³-hybridized carbons (Fsp3) is 0.0500. The molecule has 146 valence electrons. The first-order chi connectivity index (χ1) is 14.0. The van der Waals surface area contributed by atoms with Crippen LogP contribution in [0.3, 0.4) is 0 Å². The predicted molar refractivity (Wildman–Crippen MR) is 108 cm³/mol. The third-order valence-electron chi connectivity index (χ3n) is 4.18. The molecule has 0 spiro atoms.